The van der Waals surface area contributed by atoms with Crippen LogP contribution in [0.1, 0.15) is 25.7 Å². The SMILES string of the molecule is O=C(O)C(Cn1ccnc1)(NC1CC1)C1CC1. The molecular weight excluding hydrogens is 218 g/mol. The monoisotopic (exact) mass is 235 g/mol. The molecule has 2 fully saturated rings. The van der Waals surface area contributed by atoms with Crippen molar-refractivity contribution in [3.8, 4) is 0 Å². The normalized spacial score (nSPS) is 23.3. The number of carboxylic acid groups (broad SMARTS) is 1. The minimum Gasteiger partial charge on any atom is -0.480 e. The Hall–Kier alpha value is -1.36. The number of rotatable bonds is 6. The molecule has 1 unspecified atom stereocenters. The average molecular weight is 235 g/mol. The van der Waals surface area contributed by atoms with Gasteiger partial charge in [-0.25, -0.2) is 4.98 Å². The summed E-state index contributed by atoms with van der Waals surface area (Å²) in [6.07, 6.45) is 9.44. The number of nitrogens with one attached hydrogen (secondary N) is 1. The summed E-state index contributed by atoms with van der Waals surface area (Å²) in [5.74, 6) is -0.455. The second-order valence-electron chi connectivity index (χ2n) is 5.20. The average Bonchev–Trinajstić information content (AvgIpc) is 3.19. The van der Waals surface area contributed by atoms with E-state index in [1.807, 2.05) is 10.8 Å². The highest BCUT2D eigenvalue weighted by atomic mass is 16.4. The fourth-order valence-corrected chi connectivity index (χ4v) is 2.43. The largest absolute Gasteiger partial charge is 0.480 e. The lowest BCUT2D eigenvalue weighted by atomic mass is 9.92. The van der Waals surface area contributed by atoms with Crippen LogP contribution in [0.5, 0.6) is 0 Å². The van der Waals surface area contributed by atoms with Crippen molar-refractivity contribution in [1.29, 1.82) is 0 Å². The maximum Gasteiger partial charge on any atom is 0.326 e. The van der Waals surface area contributed by atoms with Crippen molar-refractivity contribution in [3.05, 3.63) is 18.7 Å². The van der Waals surface area contributed by atoms with Gasteiger partial charge in [-0.3, -0.25) is 10.1 Å². The van der Waals surface area contributed by atoms with Gasteiger partial charge >= 0.3 is 5.97 Å². The molecule has 1 aromatic rings. The molecule has 2 aliphatic carbocycles. The molecule has 0 aromatic carbocycles. The zero-order valence-electron chi connectivity index (χ0n) is 9.67. The quantitative estimate of drug-likeness (QED) is 0.767. The van der Waals surface area contributed by atoms with Gasteiger partial charge < -0.3 is 9.67 Å². The van der Waals surface area contributed by atoms with Gasteiger partial charge in [-0.2, -0.15) is 0 Å². The third-order valence-corrected chi connectivity index (χ3v) is 3.69. The number of hydrogen-bond donors (Lipinski definition) is 2. The number of hydrogen-bond acceptors (Lipinski definition) is 3. The van der Waals surface area contributed by atoms with Gasteiger partial charge in [-0.05, 0) is 31.6 Å². The minimum absolute atomic E-state index is 0.267. The first-order valence-corrected chi connectivity index (χ1v) is 6.17. The van der Waals surface area contributed by atoms with E-state index < -0.39 is 11.5 Å². The topological polar surface area (TPSA) is 67.1 Å². The van der Waals surface area contributed by atoms with Crippen molar-refractivity contribution >= 4 is 5.97 Å². The van der Waals surface area contributed by atoms with Gasteiger partial charge in [-0.15, -0.1) is 0 Å². The molecule has 0 spiro atoms. The summed E-state index contributed by atoms with van der Waals surface area (Å²) in [4.78, 5) is 15.7. The summed E-state index contributed by atoms with van der Waals surface area (Å²) in [5, 5.41) is 13.0. The van der Waals surface area contributed by atoms with Crippen molar-refractivity contribution in [2.45, 2.75) is 43.8 Å². The zero-order valence-corrected chi connectivity index (χ0v) is 9.67. The molecule has 5 nitrogen and oxygen atoms in total. The van der Waals surface area contributed by atoms with Crippen LogP contribution in [0, 0.1) is 5.92 Å². The maximum atomic E-state index is 11.7. The Morgan fingerprint density at radius 1 is 1.47 bits per heavy atom. The number of aromatic nitrogens is 2. The summed E-state index contributed by atoms with van der Waals surface area (Å²) in [6, 6.07) is 0.398. The molecule has 92 valence electrons. The molecule has 2 saturated carbocycles. The first-order valence-electron chi connectivity index (χ1n) is 6.17. The third kappa shape index (κ3) is 2.07. The Labute approximate surface area is 99.8 Å². The lowest BCUT2D eigenvalue weighted by Crippen LogP contribution is -2.57. The van der Waals surface area contributed by atoms with Crippen molar-refractivity contribution < 1.29 is 9.90 Å². The Kier molecular flexibility index (Phi) is 2.43. The summed E-state index contributed by atoms with van der Waals surface area (Å²) < 4.78 is 1.86. The highest BCUT2D eigenvalue weighted by Gasteiger charge is 2.53. The molecule has 17 heavy (non-hydrogen) atoms. The Morgan fingerprint density at radius 2 is 2.24 bits per heavy atom. The molecule has 1 atom stereocenters. The summed E-state index contributed by atoms with van der Waals surface area (Å²) in [5.41, 5.74) is -0.790. The second-order valence-corrected chi connectivity index (χ2v) is 5.20. The first-order chi connectivity index (χ1) is 8.21. The predicted octanol–water partition coefficient (Wildman–Crippen LogP) is 0.868. The molecule has 2 N–H and O–H groups in total. The Bertz CT molecular complexity index is 409. The fourth-order valence-electron chi connectivity index (χ4n) is 2.43. The van der Waals surface area contributed by atoms with Gasteiger partial charge in [0.15, 0.2) is 0 Å². The fraction of sp³-hybridized carbons (Fsp3) is 0.667. The highest BCUT2D eigenvalue weighted by Crippen LogP contribution is 2.42. The number of nitrogens with zero attached hydrogens (tertiary/aromatic N) is 2. The lowest BCUT2D eigenvalue weighted by molar-refractivity contribution is -0.146. The lowest BCUT2D eigenvalue weighted by Gasteiger charge is -2.31. The molecule has 0 aliphatic heterocycles. The van der Waals surface area contributed by atoms with Crippen molar-refractivity contribution in [2.75, 3.05) is 0 Å². The minimum atomic E-state index is -0.790. The van der Waals surface area contributed by atoms with Crippen LogP contribution in [0.4, 0.5) is 0 Å². The van der Waals surface area contributed by atoms with Crippen molar-refractivity contribution in [2.24, 2.45) is 5.92 Å². The van der Waals surface area contributed by atoms with Gasteiger partial charge in [-0.1, -0.05) is 0 Å². The van der Waals surface area contributed by atoms with E-state index in [1.165, 1.54) is 0 Å². The molecule has 1 heterocycles. The molecule has 0 bridgehead atoms. The van der Waals surface area contributed by atoms with Crippen LogP contribution in [-0.2, 0) is 11.3 Å². The van der Waals surface area contributed by atoms with E-state index in [0.29, 0.717) is 12.6 Å². The van der Waals surface area contributed by atoms with Crippen molar-refractivity contribution in [3.63, 3.8) is 0 Å². The summed E-state index contributed by atoms with van der Waals surface area (Å²) in [7, 11) is 0. The van der Waals surface area contributed by atoms with E-state index in [-0.39, 0.29) is 5.92 Å². The number of carboxylic acids is 1. The van der Waals surface area contributed by atoms with Crippen molar-refractivity contribution in [1.82, 2.24) is 14.9 Å². The predicted molar refractivity (Wildman–Crippen MR) is 61.5 cm³/mol. The van der Waals surface area contributed by atoms with E-state index in [1.54, 1.807) is 12.5 Å². The molecule has 1 aromatic heterocycles. The molecular formula is C12H17N3O2. The van der Waals surface area contributed by atoms with Crippen LogP contribution < -0.4 is 5.32 Å². The maximum absolute atomic E-state index is 11.7. The number of carbonyl (C=O) groups is 1. The molecule has 0 amide bonds. The van der Waals surface area contributed by atoms with Crippen LogP contribution in [0.2, 0.25) is 0 Å². The smallest absolute Gasteiger partial charge is 0.326 e. The molecule has 0 saturated heterocycles. The van der Waals surface area contributed by atoms with Gasteiger partial charge in [0.1, 0.15) is 5.54 Å². The molecule has 2 aliphatic rings. The summed E-state index contributed by atoms with van der Waals surface area (Å²) in [6.45, 7) is 0.476. The van der Waals surface area contributed by atoms with Crippen LogP contribution in [0.15, 0.2) is 18.7 Å². The standard InChI is InChI=1S/C12H17N3O2/c16-11(17)12(9-1-2-9,14-10-3-4-10)7-15-6-5-13-8-15/h5-6,8-10,14H,1-4,7H2,(H,16,17). The third-order valence-electron chi connectivity index (χ3n) is 3.69. The molecule has 3 rings (SSSR count). The van der Waals surface area contributed by atoms with E-state index in [0.717, 1.165) is 25.7 Å². The van der Waals surface area contributed by atoms with E-state index in [9.17, 15) is 9.90 Å². The van der Waals surface area contributed by atoms with Crippen LogP contribution in [0.25, 0.3) is 0 Å². The zero-order chi connectivity index (χ0) is 11.9. The van der Waals surface area contributed by atoms with Gasteiger partial charge in [0.05, 0.1) is 12.9 Å². The van der Waals surface area contributed by atoms with Gasteiger partial charge in [0, 0.05) is 18.4 Å². The number of imidazole rings is 1. The van der Waals surface area contributed by atoms with E-state index in [4.69, 9.17) is 0 Å². The van der Waals surface area contributed by atoms with Crippen LogP contribution in [-0.4, -0.2) is 32.2 Å². The molecule has 5 heteroatoms. The first kappa shape index (κ1) is 10.8. The van der Waals surface area contributed by atoms with Crippen LogP contribution >= 0.6 is 0 Å². The Balaban J connectivity index is 1.84. The van der Waals surface area contributed by atoms with Gasteiger partial charge in [0.2, 0.25) is 0 Å². The van der Waals surface area contributed by atoms with Gasteiger partial charge in [0.25, 0.3) is 0 Å². The van der Waals surface area contributed by atoms with E-state index in [2.05, 4.69) is 10.3 Å². The highest BCUT2D eigenvalue weighted by molar-refractivity contribution is 5.80. The number of aliphatic carboxylic acids is 1. The molecule has 0 radical (unpaired) electrons. The Morgan fingerprint density at radius 3 is 2.71 bits per heavy atom. The van der Waals surface area contributed by atoms with Crippen LogP contribution in [0.3, 0.4) is 0 Å². The van der Waals surface area contributed by atoms with E-state index >= 15 is 0 Å². The second kappa shape index (κ2) is 3.84. The summed E-state index contributed by atoms with van der Waals surface area (Å²) >= 11 is 0.